The lowest BCUT2D eigenvalue weighted by Crippen LogP contribution is -2.33. The molecule has 0 saturated heterocycles. The maximum Gasteiger partial charge on any atom is 0.224 e. The van der Waals surface area contributed by atoms with Gasteiger partial charge in [0.05, 0.1) is 13.5 Å². The molecular formula is C16H25NO2. The normalized spacial score (nSPS) is 12.3. The van der Waals surface area contributed by atoms with Gasteiger partial charge >= 0.3 is 0 Å². The number of methoxy groups -OCH3 is 1. The molecule has 1 amide bonds. The van der Waals surface area contributed by atoms with Crippen molar-refractivity contribution < 1.29 is 9.53 Å². The van der Waals surface area contributed by atoms with E-state index in [9.17, 15) is 4.79 Å². The van der Waals surface area contributed by atoms with Crippen molar-refractivity contribution in [3.05, 3.63) is 29.8 Å². The summed E-state index contributed by atoms with van der Waals surface area (Å²) in [6.45, 7) is 6.46. The first-order valence-corrected chi connectivity index (χ1v) is 6.93. The van der Waals surface area contributed by atoms with Gasteiger partial charge in [0.1, 0.15) is 5.75 Å². The zero-order valence-electron chi connectivity index (χ0n) is 12.4. The van der Waals surface area contributed by atoms with Crippen LogP contribution in [0.1, 0.15) is 39.2 Å². The summed E-state index contributed by atoms with van der Waals surface area (Å²) >= 11 is 0. The quantitative estimate of drug-likeness (QED) is 0.820. The van der Waals surface area contributed by atoms with Gasteiger partial charge < -0.3 is 10.1 Å². The van der Waals surface area contributed by atoms with Crippen molar-refractivity contribution in [3.63, 3.8) is 0 Å². The Morgan fingerprint density at radius 3 is 2.63 bits per heavy atom. The Bertz CT molecular complexity index is 401. The van der Waals surface area contributed by atoms with Crippen molar-refractivity contribution in [2.24, 2.45) is 5.92 Å². The molecular weight excluding hydrogens is 238 g/mol. The van der Waals surface area contributed by atoms with Gasteiger partial charge in [0.15, 0.2) is 0 Å². The Labute approximate surface area is 116 Å². The fraction of sp³-hybridized carbons (Fsp3) is 0.562. The summed E-state index contributed by atoms with van der Waals surface area (Å²) in [6.07, 6.45) is 2.57. The Morgan fingerprint density at radius 2 is 2.00 bits per heavy atom. The van der Waals surface area contributed by atoms with Crippen molar-refractivity contribution in [2.75, 3.05) is 7.11 Å². The summed E-state index contributed by atoms with van der Waals surface area (Å²) in [6, 6.07) is 7.87. The first-order chi connectivity index (χ1) is 9.01. The Balaban J connectivity index is 2.41. The van der Waals surface area contributed by atoms with Gasteiger partial charge in [-0.05, 0) is 43.4 Å². The molecule has 0 aromatic heterocycles. The lowest BCUT2D eigenvalue weighted by Gasteiger charge is -2.15. The second-order valence-corrected chi connectivity index (χ2v) is 5.47. The Hall–Kier alpha value is -1.51. The number of ether oxygens (including phenoxy) is 1. The number of hydrogen-bond donors (Lipinski definition) is 1. The highest BCUT2D eigenvalue weighted by molar-refractivity contribution is 5.78. The van der Waals surface area contributed by atoms with Crippen LogP contribution in [-0.4, -0.2) is 19.1 Å². The van der Waals surface area contributed by atoms with E-state index in [1.54, 1.807) is 7.11 Å². The molecule has 1 atom stereocenters. The molecule has 0 heterocycles. The third-order valence-corrected chi connectivity index (χ3v) is 3.08. The van der Waals surface area contributed by atoms with Gasteiger partial charge in [0.25, 0.3) is 0 Å². The second-order valence-electron chi connectivity index (χ2n) is 5.47. The smallest absolute Gasteiger partial charge is 0.224 e. The van der Waals surface area contributed by atoms with Crippen LogP contribution in [0.5, 0.6) is 5.75 Å². The highest BCUT2D eigenvalue weighted by atomic mass is 16.5. The molecule has 0 aliphatic rings. The summed E-state index contributed by atoms with van der Waals surface area (Å²) in [5, 5.41) is 3.04. The van der Waals surface area contributed by atoms with Crippen LogP contribution in [0, 0.1) is 5.92 Å². The van der Waals surface area contributed by atoms with Gasteiger partial charge in [-0.2, -0.15) is 0 Å². The lowest BCUT2D eigenvalue weighted by molar-refractivity contribution is -0.121. The molecule has 3 nitrogen and oxygen atoms in total. The predicted octanol–water partition coefficient (Wildman–Crippen LogP) is 3.18. The van der Waals surface area contributed by atoms with Gasteiger partial charge in [0, 0.05) is 6.04 Å². The summed E-state index contributed by atoms with van der Waals surface area (Å²) < 4.78 is 5.15. The number of benzene rings is 1. The number of hydrogen-bond acceptors (Lipinski definition) is 2. The first kappa shape index (κ1) is 15.5. The van der Waals surface area contributed by atoms with E-state index in [0.29, 0.717) is 12.3 Å². The molecule has 0 aliphatic carbocycles. The first-order valence-electron chi connectivity index (χ1n) is 6.93. The van der Waals surface area contributed by atoms with Gasteiger partial charge in [-0.1, -0.05) is 26.0 Å². The SMILES string of the molecule is COc1cccc(CC(=O)NC(C)CCC(C)C)c1. The molecule has 1 aromatic carbocycles. The standard InChI is InChI=1S/C16H25NO2/c1-12(2)8-9-13(3)17-16(18)11-14-6-5-7-15(10-14)19-4/h5-7,10,12-13H,8-9,11H2,1-4H3,(H,17,18). The molecule has 1 N–H and O–H groups in total. The van der Waals surface area contributed by atoms with Crippen molar-refractivity contribution in [1.29, 1.82) is 0 Å². The highest BCUT2D eigenvalue weighted by Gasteiger charge is 2.09. The van der Waals surface area contributed by atoms with Crippen molar-refractivity contribution in [3.8, 4) is 5.75 Å². The summed E-state index contributed by atoms with van der Waals surface area (Å²) in [7, 11) is 1.63. The van der Waals surface area contributed by atoms with E-state index in [2.05, 4.69) is 26.1 Å². The van der Waals surface area contributed by atoms with Crippen LogP contribution in [0.15, 0.2) is 24.3 Å². The van der Waals surface area contributed by atoms with Crippen LogP contribution in [0.25, 0.3) is 0 Å². The van der Waals surface area contributed by atoms with Crippen LogP contribution in [0.2, 0.25) is 0 Å². The zero-order chi connectivity index (χ0) is 14.3. The van der Waals surface area contributed by atoms with Crippen LogP contribution in [-0.2, 0) is 11.2 Å². The molecule has 1 rings (SSSR count). The fourth-order valence-electron chi connectivity index (χ4n) is 1.95. The maximum absolute atomic E-state index is 11.9. The molecule has 3 heteroatoms. The summed E-state index contributed by atoms with van der Waals surface area (Å²) in [5.41, 5.74) is 0.980. The average molecular weight is 263 g/mol. The van der Waals surface area contributed by atoms with Crippen molar-refractivity contribution >= 4 is 5.91 Å². The molecule has 106 valence electrons. The monoisotopic (exact) mass is 263 g/mol. The van der Waals surface area contributed by atoms with Gasteiger partial charge in [-0.15, -0.1) is 0 Å². The van der Waals surface area contributed by atoms with E-state index in [-0.39, 0.29) is 11.9 Å². The lowest BCUT2D eigenvalue weighted by atomic mass is 10.0. The number of nitrogens with one attached hydrogen (secondary N) is 1. The average Bonchev–Trinajstić information content (AvgIpc) is 2.36. The molecule has 0 fully saturated rings. The van der Waals surface area contributed by atoms with Gasteiger partial charge in [-0.25, -0.2) is 0 Å². The molecule has 0 radical (unpaired) electrons. The number of carbonyl (C=O) groups excluding carboxylic acids is 1. The minimum absolute atomic E-state index is 0.0736. The van der Waals surface area contributed by atoms with Crippen LogP contribution < -0.4 is 10.1 Å². The van der Waals surface area contributed by atoms with E-state index >= 15 is 0 Å². The fourth-order valence-corrected chi connectivity index (χ4v) is 1.95. The van der Waals surface area contributed by atoms with Crippen molar-refractivity contribution in [2.45, 2.75) is 46.1 Å². The third kappa shape index (κ3) is 6.27. The topological polar surface area (TPSA) is 38.3 Å². The largest absolute Gasteiger partial charge is 0.497 e. The van der Waals surface area contributed by atoms with Crippen LogP contribution in [0.3, 0.4) is 0 Å². The molecule has 0 aliphatic heterocycles. The maximum atomic E-state index is 11.9. The Morgan fingerprint density at radius 1 is 1.26 bits per heavy atom. The third-order valence-electron chi connectivity index (χ3n) is 3.08. The van der Waals surface area contributed by atoms with Gasteiger partial charge in [0.2, 0.25) is 5.91 Å². The Kier molecular flexibility index (Phi) is 6.40. The number of rotatable bonds is 7. The summed E-state index contributed by atoms with van der Waals surface area (Å²) in [4.78, 5) is 11.9. The highest BCUT2D eigenvalue weighted by Crippen LogP contribution is 2.13. The molecule has 0 bridgehead atoms. The van der Waals surface area contributed by atoms with E-state index < -0.39 is 0 Å². The van der Waals surface area contributed by atoms with Gasteiger partial charge in [-0.3, -0.25) is 4.79 Å². The van der Waals surface area contributed by atoms with E-state index in [1.165, 1.54) is 0 Å². The van der Waals surface area contributed by atoms with Crippen LogP contribution in [0.4, 0.5) is 0 Å². The number of amides is 1. The second kappa shape index (κ2) is 7.82. The molecule has 19 heavy (non-hydrogen) atoms. The molecule has 0 saturated carbocycles. The van der Waals surface area contributed by atoms with E-state index in [4.69, 9.17) is 4.74 Å². The van der Waals surface area contributed by atoms with E-state index in [1.807, 2.05) is 24.3 Å². The van der Waals surface area contributed by atoms with Crippen LogP contribution >= 0.6 is 0 Å². The molecule has 1 unspecified atom stereocenters. The summed E-state index contributed by atoms with van der Waals surface area (Å²) in [5.74, 6) is 1.54. The van der Waals surface area contributed by atoms with E-state index in [0.717, 1.165) is 24.2 Å². The zero-order valence-corrected chi connectivity index (χ0v) is 12.4. The minimum Gasteiger partial charge on any atom is -0.497 e. The number of carbonyl (C=O) groups is 1. The molecule has 1 aromatic rings. The minimum atomic E-state index is 0.0736. The van der Waals surface area contributed by atoms with Crippen molar-refractivity contribution in [1.82, 2.24) is 5.32 Å². The predicted molar refractivity (Wildman–Crippen MR) is 78.4 cm³/mol. The molecule has 0 spiro atoms.